The normalized spacial score (nSPS) is 13.8. The monoisotopic (exact) mass is 462 g/mol. The van der Waals surface area contributed by atoms with E-state index >= 15 is 0 Å². The lowest BCUT2D eigenvalue weighted by Gasteiger charge is -2.14. The Morgan fingerprint density at radius 2 is 1.85 bits per heavy atom. The molecular formula is C25H26N4O3S. The van der Waals surface area contributed by atoms with Gasteiger partial charge in [0.05, 0.1) is 18.0 Å². The molecule has 1 aliphatic rings. The van der Waals surface area contributed by atoms with Crippen molar-refractivity contribution >= 4 is 40.3 Å². The Bertz CT molecular complexity index is 1190. The summed E-state index contributed by atoms with van der Waals surface area (Å²) in [6, 6.07) is 17.0. The zero-order valence-electron chi connectivity index (χ0n) is 18.6. The van der Waals surface area contributed by atoms with Crippen LogP contribution in [0.1, 0.15) is 47.2 Å². The van der Waals surface area contributed by atoms with Crippen LogP contribution in [0, 0.1) is 6.92 Å². The van der Waals surface area contributed by atoms with Crippen LogP contribution in [0.25, 0.3) is 0 Å². The number of nitrogens with zero attached hydrogens (tertiary/aromatic N) is 1. The van der Waals surface area contributed by atoms with E-state index in [4.69, 9.17) is 21.4 Å². The van der Waals surface area contributed by atoms with E-state index in [1.54, 1.807) is 6.07 Å². The fraction of sp³-hybridized carbons (Fsp3) is 0.240. The van der Waals surface area contributed by atoms with Crippen molar-refractivity contribution in [3.63, 3.8) is 0 Å². The van der Waals surface area contributed by atoms with E-state index in [9.17, 15) is 4.79 Å². The number of nitrogens with one attached hydrogen (secondary N) is 3. The Labute approximate surface area is 198 Å². The summed E-state index contributed by atoms with van der Waals surface area (Å²) in [5.74, 6) is 1.35. The summed E-state index contributed by atoms with van der Waals surface area (Å²) in [4.78, 5) is 13.0. The van der Waals surface area contributed by atoms with Gasteiger partial charge in [-0.25, -0.2) is 0 Å². The van der Waals surface area contributed by atoms with Gasteiger partial charge >= 0.3 is 0 Å². The number of hydrogen-bond donors (Lipinski definition) is 3. The van der Waals surface area contributed by atoms with Crippen molar-refractivity contribution in [2.75, 3.05) is 17.2 Å². The first-order valence-electron chi connectivity index (χ1n) is 10.9. The minimum atomic E-state index is -0.317. The van der Waals surface area contributed by atoms with Crippen LogP contribution in [0.4, 0.5) is 11.4 Å². The van der Waals surface area contributed by atoms with Crippen LogP contribution in [0.2, 0.25) is 0 Å². The number of thiocarbonyl (C=S) groups is 1. The average Bonchev–Trinajstić information content (AvgIpc) is 3.17. The van der Waals surface area contributed by atoms with Crippen molar-refractivity contribution in [2.45, 2.75) is 33.1 Å². The van der Waals surface area contributed by atoms with Gasteiger partial charge in [0.1, 0.15) is 11.5 Å². The number of hydrogen-bond acceptors (Lipinski definition) is 5. The van der Waals surface area contributed by atoms with Gasteiger partial charge < -0.3 is 19.8 Å². The third-order valence-corrected chi connectivity index (χ3v) is 5.48. The molecule has 1 aromatic heterocycles. The third kappa shape index (κ3) is 5.23. The van der Waals surface area contributed by atoms with Crippen LogP contribution in [0.5, 0.6) is 5.75 Å². The molecule has 8 heteroatoms. The summed E-state index contributed by atoms with van der Waals surface area (Å²) in [5.41, 5.74) is 6.86. The molecule has 3 aromatic rings. The Morgan fingerprint density at radius 1 is 1.09 bits per heavy atom. The maximum Gasteiger partial charge on any atom is 0.291 e. The summed E-state index contributed by atoms with van der Waals surface area (Å²) in [5, 5.41) is 10.9. The molecule has 0 radical (unpaired) electrons. The molecule has 3 N–H and O–H groups in total. The predicted molar refractivity (Wildman–Crippen MR) is 134 cm³/mol. The summed E-state index contributed by atoms with van der Waals surface area (Å²) in [6.07, 6.45) is 2.40. The van der Waals surface area contributed by atoms with Crippen LogP contribution in [0.15, 0.2) is 64.1 Å². The predicted octanol–water partition coefficient (Wildman–Crippen LogP) is 5.27. The standard InChI is InChI=1S/C25H26N4O3S/c1-3-31-20-14-8-7-12-18(20)27-24(30)23-16(2)22-19(13-9-15-21(22)32-23)28-29-25(33)26-17-10-5-4-6-11-17/h4-8,10-12,14H,3,9,13,15H2,1-2H3,(H,27,30)(H2,26,29,33)/b28-19+. The SMILES string of the molecule is CCOc1ccccc1NC(=O)c1oc2c(c1C)/C(=N/NC(=S)Nc1ccccc1)CCC2. The maximum atomic E-state index is 13.0. The zero-order valence-corrected chi connectivity index (χ0v) is 19.4. The topological polar surface area (TPSA) is 87.9 Å². The number of para-hydroxylation sites is 3. The van der Waals surface area contributed by atoms with Gasteiger partial charge in [0, 0.05) is 23.2 Å². The number of furan rings is 1. The first-order valence-corrected chi connectivity index (χ1v) is 11.3. The first-order chi connectivity index (χ1) is 16.1. The summed E-state index contributed by atoms with van der Waals surface area (Å²) in [7, 11) is 0. The third-order valence-electron chi connectivity index (χ3n) is 5.29. The Kier molecular flexibility index (Phi) is 7.04. The molecule has 4 rings (SSSR count). The molecule has 0 spiro atoms. The van der Waals surface area contributed by atoms with Crippen molar-refractivity contribution in [3.05, 3.63) is 77.2 Å². The molecule has 0 bridgehead atoms. The van der Waals surface area contributed by atoms with E-state index in [-0.39, 0.29) is 11.7 Å². The molecule has 7 nitrogen and oxygen atoms in total. The lowest BCUT2D eigenvalue weighted by Crippen LogP contribution is -2.26. The smallest absolute Gasteiger partial charge is 0.291 e. The molecule has 0 fully saturated rings. The van der Waals surface area contributed by atoms with Gasteiger partial charge in [0.2, 0.25) is 0 Å². The Hall–Kier alpha value is -3.65. The van der Waals surface area contributed by atoms with E-state index in [1.165, 1.54) is 0 Å². The zero-order chi connectivity index (χ0) is 23.2. The second kappa shape index (κ2) is 10.3. The number of rotatable bonds is 6. The minimum Gasteiger partial charge on any atom is -0.492 e. The van der Waals surface area contributed by atoms with Gasteiger partial charge in [-0.15, -0.1) is 0 Å². The van der Waals surface area contributed by atoms with Gasteiger partial charge in [0.25, 0.3) is 5.91 Å². The molecule has 0 aliphatic heterocycles. The van der Waals surface area contributed by atoms with Crippen molar-refractivity contribution in [3.8, 4) is 5.75 Å². The Morgan fingerprint density at radius 3 is 2.64 bits per heavy atom. The first kappa shape index (κ1) is 22.5. The van der Waals surface area contributed by atoms with Gasteiger partial charge in [-0.1, -0.05) is 30.3 Å². The number of benzene rings is 2. The minimum absolute atomic E-state index is 0.283. The van der Waals surface area contributed by atoms with Crippen LogP contribution in [0.3, 0.4) is 0 Å². The second-order valence-corrected chi connectivity index (χ2v) is 7.99. The highest BCUT2D eigenvalue weighted by Crippen LogP contribution is 2.31. The van der Waals surface area contributed by atoms with Crippen molar-refractivity contribution in [2.24, 2.45) is 5.10 Å². The van der Waals surface area contributed by atoms with Gasteiger partial charge in [0.15, 0.2) is 10.9 Å². The van der Waals surface area contributed by atoms with Gasteiger partial charge in [-0.05, 0) is 63.2 Å². The molecule has 33 heavy (non-hydrogen) atoms. The van der Waals surface area contributed by atoms with E-state index in [1.807, 2.05) is 62.4 Å². The second-order valence-electron chi connectivity index (χ2n) is 7.58. The quantitative estimate of drug-likeness (QED) is 0.342. The number of ether oxygens (including phenoxy) is 1. The molecule has 0 saturated carbocycles. The number of carbonyl (C=O) groups is 1. The molecule has 1 amide bonds. The number of fused-ring (bicyclic) bond motifs is 1. The number of carbonyl (C=O) groups excluding carboxylic acids is 1. The van der Waals surface area contributed by atoms with Crippen LogP contribution < -0.4 is 20.8 Å². The van der Waals surface area contributed by atoms with Crippen LogP contribution >= 0.6 is 12.2 Å². The molecule has 0 saturated heterocycles. The average molecular weight is 463 g/mol. The molecule has 1 heterocycles. The molecule has 170 valence electrons. The number of aryl methyl sites for hydroxylation is 1. The largest absolute Gasteiger partial charge is 0.492 e. The molecule has 0 atom stereocenters. The van der Waals surface area contributed by atoms with Crippen LogP contribution in [-0.4, -0.2) is 23.3 Å². The van der Waals surface area contributed by atoms with Gasteiger partial charge in [-0.2, -0.15) is 5.10 Å². The highest BCUT2D eigenvalue weighted by atomic mass is 32.1. The van der Waals surface area contributed by atoms with E-state index in [0.29, 0.717) is 23.2 Å². The molecule has 1 aliphatic carbocycles. The fourth-order valence-electron chi connectivity index (χ4n) is 3.83. The molecular weight excluding hydrogens is 436 g/mol. The fourth-order valence-corrected chi connectivity index (χ4v) is 3.99. The lowest BCUT2D eigenvalue weighted by molar-refractivity contribution is 0.0993. The highest BCUT2D eigenvalue weighted by Gasteiger charge is 2.28. The van der Waals surface area contributed by atoms with Gasteiger partial charge in [-0.3, -0.25) is 10.2 Å². The summed E-state index contributed by atoms with van der Waals surface area (Å²) < 4.78 is 11.6. The van der Waals surface area contributed by atoms with Crippen molar-refractivity contribution in [1.29, 1.82) is 0 Å². The Balaban J connectivity index is 1.52. The highest BCUT2D eigenvalue weighted by molar-refractivity contribution is 7.80. The maximum absolute atomic E-state index is 13.0. The summed E-state index contributed by atoms with van der Waals surface area (Å²) >= 11 is 5.36. The van der Waals surface area contributed by atoms with Crippen molar-refractivity contribution < 1.29 is 13.9 Å². The number of anilines is 2. The summed E-state index contributed by atoms with van der Waals surface area (Å²) in [6.45, 7) is 4.29. The molecule has 2 aromatic carbocycles. The van der Waals surface area contributed by atoms with E-state index in [0.717, 1.165) is 47.5 Å². The number of amides is 1. The van der Waals surface area contributed by atoms with E-state index in [2.05, 4.69) is 21.2 Å². The lowest BCUT2D eigenvalue weighted by atomic mass is 9.93. The van der Waals surface area contributed by atoms with E-state index < -0.39 is 0 Å². The number of hydrazone groups is 1. The molecule has 0 unspecified atom stereocenters. The van der Waals surface area contributed by atoms with Crippen molar-refractivity contribution in [1.82, 2.24) is 5.43 Å². The van der Waals surface area contributed by atoms with Crippen LogP contribution in [-0.2, 0) is 6.42 Å².